The number of hydrogen-bond donors (Lipinski definition) is 9. The monoisotopic (exact) mass is 522 g/mol. The first-order chi connectivity index (χ1) is 16.9. The third-order valence-electron chi connectivity index (χ3n) is 7.88. The van der Waals surface area contributed by atoms with E-state index in [-0.39, 0.29) is 26.0 Å². The van der Waals surface area contributed by atoms with Crippen LogP contribution in [-0.4, -0.2) is 151 Å². The van der Waals surface area contributed by atoms with Crippen molar-refractivity contribution in [3.05, 3.63) is 0 Å². The summed E-state index contributed by atoms with van der Waals surface area (Å²) < 4.78 is 11.1. The number of carboxylic acids is 1. The Morgan fingerprint density at radius 1 is 1.17 bits per heavy atom. The maximum Gasteiger partial charge on any atom is 0.336 e. The molecular weight excluding hydrogens is 484 g/mol. The smallest absolute Gasteiger partial charge is 0.336 e. The van der Waals surface area contributed by atoms with Crippen LogP contribution in [0.2, 0.25) is 0 Å². The van der Waals surface area contributed by atoms with Crippen LogP contribution in [0.15, 0.2) is 0 Å². The molecule has 1 amide bonds. The van der Waals surface area contributed by atoms with Crippen LogP contribution < -0.4 is 5.32 Å². The Labute approximate surface area is 208 Å². The summed E-state index contributed by atoms with van der Waals surface area (Å²) in [6.07, 6.45) is -11.1. The van der Waals surface area contributed by atoms with Gasteiger partial charge in [-0.15, -0.1) is 0 Å². The lowest BCUT2D eigenvalue weighted by Crippen LogP contribution is -2.72. The molecule has 0 spiro atoms. The molecule has 0 aromatic carbocycles. The maximum absolute atomic E-state index is 12.7. The lowest BCUT2D eigenvalue weighted by atomic mass is 9.69. The Hall–Kier alpha value is -1.46. The highest BCUT2D eigenvalue weighted by Crippen LogP contribution is 2.45. The summed E-state index contributed by atoms with van der Waals surface area (Å²) in [6, 6.07) is -2.68. The van der Waals surface area contributed by atoms with E-state index in [0.717, 1.165) is 6.92 Å². The summed E-state index contributed by atoms with van der Waals surface area (Å²) in [5, 5.41) is 85.2. The van der Waals surface area contributed by atoms with E-state index in [2.05, 4.69) is 5.32 Å². The van der Waals surface area contributed by atoms with E-state index in [1.807, 2.05) is 0 Å². The summed E-state index contributed by atoms with van der Waals surface area (Å²) in [7, 11) is 1.43. The van der Waals surface area contributed by atoms with Gasteiger partial charge in [0.2, 0.25) is 5.91 Å². The number of hydrogen-bond acceptors (Lipinski definition) is 12. The van der Waals surface area contributed by atoms with Gasteiger partial charge in [0.15, 0.2) is 5.60 Å². The number of ether oxygens (including phenoxy) is 2. The van der Waals surface area contributed by atoms with Crippen LogP contribution in [-0.2, 0) is 19.1 Å². The number of piperidine rings is 2. The predicted octanol–water partition coefficient (Wildman–Crippen LogP) is -4.63. The number of carboxylic acid groups (broad SMARTS) is 1. The van der Waals surface area contributed by atoms with Gasteiger partial charge in [0.25, 0.3) is 0 Å². The molecule has 14 heteroatoms. The molecule has 0 radical (unpaired) electrons. The standard InChI is InChI=1S/C22H38N2O12/c1-9(26)23-15-13(27)6-22(21(33)34,36-20(15)18(31)14(28)7-25)10-3-4-24-11(5-10)16(29)19(32)17(30)12(24)8-35-2/h10-20,25,27-32H,3-8H2,1-2H3,(H,23,26)(H,33,34)/t10?,11?,12-,13?,14+,15+,16-,17-,18+,19-,20?,22-/m0/s1. The first kappa shape index (κ1) is 29.1. The molecule has 12 atom stereocenters. The highest BCUT2D eigenvalue weighted by atomic mass is 16.6. The fourth-order valence-electron chi connectivity index (χ4n) is 6.02. The summed E-state index contributed by atoms with van der Waals surface area (Å²) in [4.78, 5) is 26.2. The number of nitrogens with zero attached hydrogens (tertiary/aromatic N) is 1. The lowest BCUT2D eigenvalue weighted by Gasteiger charge is -2.56. The second-order valence-electron chi connectivity index (χ2n) is 10.0. The van der Waals surface area contributed by atoms with E-state index >= 15 is 0 Å². The van der Waals surface area contributed by atoms with Gasteiger partial charge in [0, 0.05) is 32.4 Å². The molecule has 0 aromatic heterocycles. The van der Waals surface area contributed by atoms with Crippen LogP contribution in [0, 0.1) is 5.92 Å². The number of methoxy groups -OCH3 is 1. The molecule has 3 saturated heterocycles. The Balaban J connectivity index is 1.94. The van der Waals surface area contributed by atoms with Gasteiger partial charge < -0.3 is 55.6 Å². The molecule has 36 heavy (non-hydrogen) atoms. The van der Waals surface area contributed by atoms with Gasteiger partial charge in [-0.05, 0) is 19.4 Å². The first-order valence-electron chi connectivity index (χ1n) is 12.0. The SMILES string of the molecule is COC[C@H]1[C@H](O)[C@@H](O)[C@@H](O)C2CC([C@]3(C(=O)O)CC(O)[C@@H](NC(C)=O)C([C@H](O)[C@H](O)CO)O3)CCN21. The number of aliphatic hydroxyl groups is 7. The quantitative estimate of drug-likeness (QED) is 0.146. The van der Waals surface area contributed by atoms with Crippen molar-refractivity contribution in [3.63, 3.8) is 0 Å². The van der Waals surface area contributed by atoms with Crippen molar-refractivity contribution in [2.24, 2.45) is 5.92 Å². The Bertz CT molecular complexity index is 788. The average Bonchev–Trinajstić information content (AvgIpc) is 2.84. The lowest BCUT2D eigenvalue weighted by molar-refractivity contribution is -0.254. The molecule has 14 nitrogen and oxygen atoms in total. The molecule has 3 heterocycles. The number of nitrogens with one attached hydrogen (secondary N) is 1. The molecule has 4 unspecified atom stereocenters. The Morgan fingerprint density at radius 2 is 1.83 bits per heavy atom. The second kappa shape index (κ2) is 11.5. The zero-order valence-corrected chi connectivity index (χ0v) is 20.3. The first-order valence-corrected chi connectivity index (χ1v) is 12.0. The van der Waals surface area contributed by atoms with Crippen molar-refractivity contribution in [2.45, 2.75) is 92.6 Å². The number of aliphatic carboxylic acids is 1. The number of rotatable bonds is 8. The molecule has 208 valence electrons. The molecule has 0 aliphatic carbocycles. The molecule has 3 aliphatic rings. The minimum Gasteiger partial charge on any atom is -0.479 e. The van der Waals surface area contributed by atoms with Crippen molar-refractivity contribution in [1.82, 2.24) is 10.2 Å². The van der Waals surface area contributed by atoms with Gasteiger partial charge >= 0.3 is 5.97 Å². The normalized spacial score (nSPS) is 43.3. The van der Waals surface area contributed by atoms with Crippen LogP contribution in [0.4, 0.5) is 0 Å². The van der Waals surface area contributed by atoms with Crippen LogP contribution in [0.1, 0.15) is 26.2 Å². The molecular formula is C22H38N2O12. The van der Waals surface area contributed by atoms with Gasteiger partial charge in [-0.1, -0.05) is 0 Å². The van der Waals surface area contributed by atoms with E-state index in [1.54, 1.807) is 4.90 Å². The van der Waals surface area contributed by atoms with E-state index in [0.29, 0.717) is 0 Å². The number of carbonyl (C=O) groups is 2. The third kappa shape index (κ3) is 5.25. The molecule has 9 N–H and O–H groups in total. The van der Waals surface area contributed by atoms with Crippen molar-refractivity contribution >= 4 is 11.9 Å². The maximum atomic E-state index is 12.7. The van der Waals surface area contributed by atoms with E-state index < -0.39 is 97.3 Å². The van der Waals surface area contributed by atoms with Crippen molar-refractivity contribution in [2.75, 3.05) is 26.9 Å². The highest BCUT2D eigenvalue weighted by Gasteiger charge is 2.60. The van der Waals surface area contributed by atoms with Gasteiger partial charge in [-0.25, -0.2) is 4.79 Å². The topological polar surface area (TPSA) is 230 Å². The van der Waals surface area contributed by atoms with Crippen LogP contribution in [0.5, 0.6) is 0 Å². The highest BCUT2D eigenvalue weighted by molar-refractivity contribution is 5.79. The zero-order chi connectivity index (χ0) is 26.9. The fourth-order valence-corrected chi connectivity index (χ4v) is 6.02. The number of aliphatic hydroxyl groups excluding tert-OH is 7. The van der Waals surface area contributed by atoms with Crippen LogP contribution in [0.25, 0.3) is 0 Å². The third-order valence-corrected chi connectivity index (χ3v) is 7.88. The summed E-state index contributed by atoms with van der Waals surface area (Å²) in [6.45, 7) is 0.559. The average molecular weight is 523 g/mol. The molecule has 0 saturated carbocycles. The largest absolute Gasteiger partial charge is 0.479 e. The fraction of sp³-hybridized carbons (Fsp3) is 0.909. The molecule has 3 fully saturated rings. The molecule has 0 aromatic rings. The van der Waals surface area contributed by atoms with E-state index in [1.165, 1.54) is 7.11 Å². The Morgan fingerprint density at radius 3 is 2.39 bits per heavy atom. The van der Waals surface area contributed by atoms with E-state index in [4.69, 9.17) is 9.47 Å². The number of fused-ring (bicyclic) bond motifs is 1. The molecule has 3 aliphatic heterocycles. The van der Waals surface area contributed by atoms with Crippen LogP contribution in [0.3, 0.4) is 0 Å². The van der Waals surface area contributed by atoms with Gasteiger partial charge in [0.1, 0.15) is 30.5 Å². The number of amides is 1. The summed E-state index contributed by atoms with van der Waals surface area (Å²) in [5.41, 5.74) is -2.08. The number of carbonyl (C=O) groups excluding carboxylic acids is 1. The van der Waals surface area contributed by atoms with Gasteiger partial charge in [0.05, 0.1) is 37.5 Å². The summed E-state index contributed by atoms with van der Waals surface area (Å²) in [5.74, 6) is -2.86. The molecule has 3 rings (SSSR count). The zero-order valence-electron chi connectivity index (χ0n) is 20.3. The Kier molecular flexibility index (Phi) is 9.31. The second-order valence-corrected chi connectivity index (χ2v) is 10.0. The summed E-state index contributed by atoms with van der Waals surface area (Å²) >= 11 is 0. The molecule has 0 bridgehead atoms. The van der Waals surface area contributed by atoms with Crippen molar-refractivity contribution in [1.29, 1.82) is 0 Å². The predicted molar refractivity (Wildman–Crippen MR) is 119 cm³/mol. The van der Waals surface area contributed by atoms with Crippen molar-refractivity contribution in [3.8, 4) is 0 Å². The van der Waals surface area contributed by atoms with Crippen molar-refractivity contribution < 1.29 is 59.9 Å². The van der Waals surface area contributed by atoms with E-state index in [9.17, 15) is 50.4 Å². The van der Waals surface area contributed by atoms with Gasteiger partial charge in [-0.3, -0.25) is 9.69 Å². The van der Waals surface area contributed by atoms with Gasteiger partial charge in [-0.2, -0.15) is 0 Å². The minimum atomic E-state index is -2.08. The minimum absolute atomic E-state index is 0.000351. The van der Waals surface area contributed by atoms with Crippen LogP contribution >= 0.6 is 0 Å².